The molecule has 12 heteroatoms. The zero-order valence-electron chi connectivity index (χ0n) is 18.3. The van der Waals surface area contributed by atoms with Crippen molar-refractivity contribution in [3.8, 4) is 5.75 Å². The summed E-state index contributed by atoms with van der Waals surface area (Å²) in [6.07, 6.45) is -5.24. The molecule has 1 aliphatic heterocycles. The molecule has 0 bridgehead atoms. The molecule has 0 saturated carbocycles. The second-order valence-electron chi connectivity index (χ2n) is 7.43. The summed E-state index contributed by atoms with van der Waals surface area (Å²) < 4.78 is 76.4. The van der Waals surface area contributed by atoms with E-state index in [4.69, 9.17) is 14.6 Å². The Kier molecular flexibility index (Phi) is 9.54. The minimum absolute atomic E-state index is 0.143. The van der Waals surface area contributed by atoms with Gasteiger partial charge in [-0.25, -0.2) is 4.79 Å². The van der Waals surface area contributed by atoms with E-state index in [0.29, 0.717) is 12.0 Å². The highest BCUT2D eigenvalue weighted by atomic mass is 19.4. The van der Waals surface area contributed by atoms with Crippen LogP contribution in [0, 0.1) is 13.0 Å². The molecule has 1 fully saturated rings. The van der Waals surface area contributed by atoms with Crippen LogP contribution in [0.2, 0.25) is 0 Å². The molecule has 0 amide bonds. The molecule has 34 heavy (non-hydrogen) atoms. The summed E-state index contributed by atoms with van der Waals surface area (Å²) >= 11 is 0. The van der Waals surface area contributed by atoms with Gasteiger partial charge in [0, 0.05) is 50.8 Å². The van der Waals surface area contributed by atoms with Crippen molar-refractivity contribution in [3.05, 3.63) is 53.9 Å². The van der Waals surface area contributed by atoms with Gasteiger partial charge in [-0.15, -0.1) is 0 Å². The Morgan fingerprint density at radius 3 is 2.24 bits per heavy atom. The van der Waals surface area contributed by atoms with Crippen molar-refractivity contribution in [3.63, 3.8) is 0 Å². The summed E-state index contributed by atoms with van der Waals surface area (Å²) in [6, 6.07) is 9.14. The van der Waals surface area contributed by atoms with Crippen molar-refractivity contribution < 1.29 is 41.0 Å². The number of ether oxygens (including phenoxy) is 1. The summed E-state index contributed by atoms with van der Waals surface area (Å²) in [4.78, 5) is 17.6. The number of alkyl halides is 6. The van der Waals surface area contributed by atoms with Crippen LogP contribution in [0.4, 0.5) is 32.0 Å². The lowest BCUT2D eigenvalue weighted by Gasteiger charge is -2.36. The van der Waals surface area contributed by atoms with E-state index in [-0.39, 0.29) is 12.4 Å². The first kappa shape index (κ1) is 27.2. The lowest BCUT2D eigenvalue weighted by atomic mass is 10.1. The molecule has 187 valence electrons. The third kappa shape index (κ3) is 8.73. The number of carboxylic acids is 1. The second kappa shape index (κ2) is 11.9. The van der Waals surface area contributed by atoms with E-state index in [1.54, 1.807) is 19.3 Å². The van der Waals surface area contributed by atoms with Gasteiger partial charge in [-0.05, 0) is 49.2 Å². The van der Waals surface area contributed by atoms with E-state index < -0.39 is 23.9 Å². The summed E-state index contributed by atoms with van der Waals surface area (Å²) in [5.74, 6) is -2.90. The van der Waals surface area contributed by atoms with Gasteiger partial charge in [-0.2, -0.15) is 26.3 Å². The highest BCUT2D eigenvalue weighted by Gasteiger charge is 2.38. The molecule has 0 spiro atoms. The average Bonchev–Trinajstić information content (AvgIpc) is 2.77. The lowest BCUT2D eigenvalue weighted by molar-refractivity contribution is -0.192. The van der Waals surface area contributed by atoms with Gasteiger partial charge in [0.15, 0.2) is 0 Å². The van der Waals surface area contributed by atoms with Crippen LogP contribution in [-0.4, -0.2) is 66.5 Å². The van der Waals surface area contributed by atoms with Crippen molar-refractivity contribution in [1.82, 2.24) is 9.88 Å². The molecule has 2 aromatic rings. The van der Waals surface area contributed by atoms with Crippen molar-refractivity contribution in [2.75, 3.05) is 44.2 Å². The largest absolute Gasteiger partial charge is 0.493 e. The molecule has 3 rings (SSSR count). The number of carbonyl (C=O) groups is 1. The van der Waals surface area contributed by atoms with E-state index in [9.17, 15) is 26.3 Å². The molecule has 6 nitrogen and oxygen atoms in total. The Balaban J connectivity index is 0.000000509. The van der Waals surface area contributed by atoms with Gasteiger partial charge in [0.25, 0.3) is 0 Å². The molecule has 1 N–H and O–H groups in total. The van der Waals surface area contributed by atoms with Crippen molar-refractivity contribution in [2.45, 2.75) is 25.7 Å². The predicted molar refractivity (Wildman–Crippen MR) is 112 cm³/mol. The summed E-state index contributed by atoms with van der Waals surface area (Å²) in [5.41, 5.74) is 0.884. The molecule has 1 radical (unpaired) electrons. The number of nitrogens with zero attached hydrogens (tertiary/aromatic N) is 3. The average molecular weight is 492 g/mol. The number of aliphatic carboxylic acids is 1. The maximum atomic E-state index is 13.1. The van der Waals surface area contributed by atoms with Crippen molar-refractivity contribution >= 4 is 11.7 Å². The van der Waals surface area contributed by atoms with Gasteiger partial charge >= 0.3 is 18.3 Å². The van der Waals surface area contributed by atoms with Gasteiger partial charge in [0.05, 0.1) is 12.2 Å². The number of rotatable bonds is 6. The Hall–Kier alpha value is -3.02. The standard InChI is InChI=1S/C20H23F3N3O.C2HF3O2/c1-16-3-4-19(18(15-16)20(21,22)23)27-14-2-9-25-10-12-26(13-11-25)17-5-7-24-8-6-17;3-2(4,5)1(6)7/h4-8,15H,2,9-14H2,1H3;(H,6,7). The topological polar surface area (TPSA) is 65.9 Å². The lowest BCUT2D eigenvalue weighted by Crippen LogP contribution is -2.46. The zero-order chi connectivity index (χ0) is 25.4. The fraction of sp³-hybridized carbons (Fsp3) is 0.455. The smallest absolute Gasteiger partial charge is 0.490 e. The van der Waals surface area contributed by atoms with Crippen molar-refractivity contribution in [2.24, 2.45) is 0 Å². The van der Waals surface area contributed by atoms with E-state index in [1.807, 2.05) is 12.1 Å². The molecule has 0 unspecified atom stereocenters. The molecule has 1 aliphatic rings. The van der Waals surface area contributed by atoms with Crippen LogP contribution in [-0.2, 0) is 11.0 Å². The third-order valence-electron chi connectivity index (χ3n) is 4.88. The number of benzene rings is 1. The van der Waals surface area contributed by atoms with Crippen LogP contribution >= 0.6 is 0 Å². The quantitative estimate of drug-likeness (QED) is 0.476. The highest BCUT2D eigenvalue weighted by molar-refractivity contribution is 5.73. The Morgan fingerprint density at radius 1 is 1.12 bits per heavy atom. The Morgan fingerprint density at radius 2 is 1.71 bits per heavy atom. The maximum absolute atomic E-state index is 13.1. The van der Waals surface area contributed by atoms with Crippen LogP contribution < -0.4 is 9.64 Å². The van der Waals surface area contributed by atoms with Crippen LogP contribution in [0.1, 0.15) is 17.5 Å². The van der Waals surface area contributed by atoms with E-state index >= 15 is 0 Å². The number of aromatic nitrogens is 1. The second-order valence-corrected chi connectivity index (χ2v) is 7.43. The normalized spacial score (nSPS) is 14.9. The van der Waals surface area contributed by atoms with Gasteiger partial charge in [-0.3, -0.25) is 9.88 Å². The summed E-state index contributed by atoms with van der Waals surface area (Å²) in [6.45, 7) is 6.35. The Labute approximate surface area is 192 Å². The molecule has 1 aromatic carbocycles. The minimum atomic E-state index is -5.08. The van der Waals surface area contributed by atoms with Crippen molar-refractivity contribution in [1.29, 1.82) is 0 Å². The molecular weight excluding hydrogens is 468 g/mol. The first-order chi connectivity index (χ1) is 15.9. The summed E-state index contributed by atoms with van der Waals surface area (Å²) in [5, 5.41) is 7.12. The highest BCUT2D eigenvalue weighted by Crippen LogP contribution is 2.36. The van der Waals surface area contributed by atoms with Gasteiger partial charge < -0.3 is 14.7 Å². The van der Waals surface area contributed by atoms with Gasteiger partial charge in [0.2, 0.25) is 0 Å². The number of pyridine rings is 1. The SMILES string of the molecule is Cc1[c]cc(OCCCN2CCN(c3ccncc3)CC2)c(C(F)(F)F)c1.O=C(O)C(F)(F)F. The molecule has 0 aliphatic carbocycles. The minimum Gasteiger partial charge on any atom is -0.493 e. The van der Waals surface area contributed by atoms with E-state index in [0.717, 1.165) is 38.8 Å². The van der Waals surface area contributed by atoms with Crippen LogP contribution in [0.15, 0.2) is 36.7 Å². The van der Waals surface area contributed by atoms with Gasteiger partial charge in [-0.1, -0.05) is 0 Å². The third-order valence-corrected chi connectivity index (χ3v) is 4.88. The molecular formula is C22H24F6N3O3. The number of aryl methyl sites for hydroxylation is 1. The summed E-state index contributed by atoms with van der Waals surface area (Å²) in [7, 11) is 0. The molecule has 2 heterocycles. The maximum Gasteiger partial charge on any atom is 0.490 e. The first-order valence-corrected chi connectivity index (χ1v) is 10.3. The zero-order valence-corrected chi connectivity index (χ0v) is 18.3. The van der Waals surface area contributed by atoms with Crippen LogP contribution in [0.25, 0.3) is 0 Å². The van der Waals surface area contributed by atoms with Crippen LogP contribution in [0.3, 0.4) is 0 Å². The number of hydrogen-bond donors (Lipinski definition) is 1. The van der Waals surface area contributed by atoms with E-state index in [1.165, 1.54) is 11.8 Å². The Bertz CT molecular complexity index is 914. The van der Waals surface area contributed by atoms with Gasteiger partial charge in [0.1, 0.15) is 5.75 Å². The van der Waals surface area contributed by atoms with E-state index in [2.05, 4.69) is 20.9 Å². The molecule has 1 aromatic heterocycles. The molecule has 0 atom stereocenters. The number of halogens is 6. The molecule has 1 saturated heterocycles. The fourth-order valence-electron chi connectivity index (χ4n) is 3.18. The number of piperazine rings is 1. The number of anilines is 1. The monoisotopic (exact) mass is 492 g/mol. The number of carboxylic acid groups (broad SMARTS) is 1. The first-order valence-electron chi connectivity index (χ1n) is 10.3. The predicted octanol–water partition coefficient (Wildman–Crippen LogP) is 4.43. The van der Waals surface area contributed by atoms with Crippen LogP contribution in [0.5, 0.6) is 5.75 Å². The fourth-order valence-corrected chi connectivity index (χ4v) is 3.18. The number of hydrogen-bond acceptors (Lipinski definition) is 5.